The van der Waals surface area contributed by atoms with Crippen LogP contribution in [0.4, 0.5) is 0 Å². The van der Waals surface area contributed by atoms with E-state index in [4.69, 9.17) is 9.47 Å². The lowest BCUT2D eigenvalue weighted by molar-refractivity contribution is -0.147. The van der Waals surface area contributed by atoms with Gasteiger partial charge >= 0.3 is 5.97 Å². The number of carbonyl (C=O) groups is 1. The SMILES string of the molecule is COC(=O)[C@H](C)Oc1c(I)cc(C=Nn2c(C(C)C)nc3ccc(Br)cc3c2=O)cc1I. The normalized spacial score (nSPS) is 12.5. The molecule has 0 radical (unpaired) electrons. The number of methoxy groups -OCH3 is 1. The van der Waals surface area contributed by atoms with Crippen LogP contribution < -0.4 is 10.3 Å². The highest BCUT2D eigenvalue weighted by atomic mass is 127. The van der Waals surface area contributed by atoms with Crippen molar-refractivity contribution in [1.82, 2.24) is 9.66 Å². The van der Waals surface area contributed by atoms with Gasteiger partial charge in [-0.15, -0.1) is 0 Å². The molecule has 0 fully saturated rings. The Bertz CT molecular complexity index is 1250. The average Bonchev–Trinajstić information content (AvgIpc) is 2.74. The van der Waals surface area contributed by atoms with Crippen molar-refractivity contribution in [3.63, 3.8) is 0 Å². The molecule has 3 aromatic rings. The minimum atomic E-state index is -0.725. The van der Waals surface area contributed by atoms with Crippen LogP contribution in [-0.4, -0.2) is 35.1 Å². The van der Waals surface area contributed by atoms with Crippen molar-refractivity contribution in [2.45, 2.75) is 32.8 Å². The summed E-state index contributed by atoms with van der Waals surface area (Å²) in [6, 6.07) is 9.18. The van der Waals surface area contributed by atoms with Crippen LogP contribution in [0.15, 0.2) is 44.7 Å². The van der Waals surface area contributed by atoms with E-state index in [1.165, 1.54) is 11.8 Å². The Kier molecular flexibility index (Phi) is 8.31. The van der Waals surface area contributed by atoms with Crippen molar-refractivity contribution >= 4 is 84.2 Å². The second kappa shape index (κ2) is 10.6. The molecule has 0 saturated heterocycles. The monoisotopic (exact) mass is 723 g/mol. The number of esters is 1. The van der Waals surface area contributed by atoms with Gasteiger partial charge in [-0.3, -0.25) is 4.79 Å². The second-order valence-electron chi connectivity index (χ2n) is 7.24. The van der Waals surface area contributed by atoms with Gasteiger partial charge in [0.15, 0.2) is 6.10 Å². The Hall–Kier alpha value is -1.54. The molecule has 1 heterocycles. The van der Waals surface area contributed by atoms with E-state index in [1.54, 1.807) is 19.2 Å². The first-order valence-corrected chi connectivity index (χ1v) is 12.6. The molecule has 0 spiro atoms. The number of aromatic nitrogens is 2. The molecular formula is C22H20BrI2N3O4. The standard InChI is InChI=1S/C22H20BrI2N3O4/c1-11(2)20-27-18-6-5-14(23)9-15(18)21(29)28(20)26-10-13-7-16(24)19(17(25)8-13)32-12(3)22(30)31-4/h5-12H,1-4H3/t12-/m0/s1. The van der Waals surface area contributed by atoms with Crippen LogP contribution in [0.5, 0.6) is 5.75 Å². The van der Waals surface area contributed by atoms with Gasteiger partial charge in [-0.2, -0.15) is 9.78 Å². The Labute approximate surface area is 221 Å². The molecule has 0 saturated carbocycles. The molecule has 3 rings (SSSR count). The number of hydrogen-bond donors (Lipinski definition) is 0. The van der Waals surface area contributed by atoms with Gasteiger partial charge in [0.2, 0.25) is 0 Å². The molecule has 0 unspecified atom stereocenters. The van der Waals surface area contributed by atoms with E-state index < -0.39 is 12.1 Å². The largest absolute Gasteiger partial charge is 0.477 e. The predicted molar refractivity (Wildman–Crippen MR) is 145 cm³/mol. The molecule has 32 heavy (non-hydrogen) atoms. The van der Waals surface area contributed by atoms with Crippen molar-refractivity contribution < 1.29 is 14.3 Å². The highest BCUT2D eigenvalue weighted by Gasteiger charge is 2.19. The molecule has 2 aromatic carbocycles. The van der Waals surface area contributed by atoms with E-state index in [-0.39, 0.29) is 11.5 Å². The van der Waals surface area contributed by atoms with Crippen LogP contribution in [0, 0.1) is 7.14 Å². The van der Waals surface area contributed by atoms with Crippen LogP contribution >= 0.6 is 61.1 Å². The summed E-state index contributed by atoms with van der Waals surface area (Å²) in [7, 11) is 1.32. The van der Waals surface area contributed by atoms with Gasteiger partial charge in [-0.1, -0.05) is 29.8 Å². The lowest BCUT2D eigenvalue weighted by atomic mass is 10.2. The highest BCUT2D eigenvalue weighted by molar-refractivity contribution is 14.1. The van der Waals surface area contributed by atoms with Crippen molar-refractivity contribution in [2.24, 2.45) is 5.10 Å². The zero-order valence-corrected chi connectivity index (χ0v) is 23.6. The van der Waals surface area contributed by atoms with Crippen molar-refractivity contribution in [1.29, 1.82) is 0 Å². The van der Waals surface area contributed by atoms with E-state index in [1.807, 2.05) is 38.1 Å². The molecule has 0 amide bonds. The molecular weight excluding hydrogens is 704 g/mol. The summed E-state index contributed by atoms with van der Waals surface area (Å²) in [4.78, 5) is 29.5. The summed E-state index contributed by atoms with van der Waals surface area (Å²) in [6.45, 7) is 5.58. The summed E-state index contributed by atoms with van der Waals surface area (Å²) in [5.41, 5.74) is 1.19. The van der Waals surface area contributed by atoms with Crippen molar-refractivity contribution in [3.8, 4) is 5.75 Å². The van der Waals surface area contributed by atoms with E-state index in [2.05, 4.69) is 71.2 Å². The van der Waals surface area contributed by atoms with Crippen molar-refractivity contribution in [2.75, 3.05) is 7.11 Å². The van der Waals surface area contributed by atoms with Crippen LogP contribution in [-0.2, 0) is 9.53 Å². The van der Waals surface area contributed by atoms with Gasteiger partial charge in [0, 0.05) is 10.4 Å². The van der Waals surface area contributed by atoms with Gasteiger partial charge in [-0.05, 0) is 88.0 Å². The first kappa shape index (κ1) is 25.1. The Morgan fingerprint density at radius 3 is 2.44 bits per heavy atom. The zero-order chi connectivity index (χ0) is 23.6. The number of carbonyl (C=O) groups excluding carboxylic acids is 1. The third kappa shape index (κ3) is 5.50. The van der Waals surface area contributed by atoms with E-state index >= 15 is 0 Å². The average molecular weight is 724 g/mol. The third-order valence-electron chi connectivity index (χ3n) is 4.52. The Morgan fingerprint density at radius 2 is 1.84 bits per heavy atom. The molecule has 1 aromatic heterocycles. The molecule has 0 bridgehead atoms. The number of ether oxygens (including phenoxy) is 2. The fraction of sp³-hybridized carbons (Fsp3) is 0.273. The fourth-order valence-corrected chi connectivity index (χ4v) is 5.36. The molecule has 0 aliphatic heterocycles. The smallest absolute Gasteiger partial charge is 0.346 e. The lowest BCUT2D eigenvalue weighted by Gasteiger charge is -2.16. The lowest BCUT2D eigenvalue weighted by Crippen LogP contribution is -2.25. The molecule has 168 valence electrons. The van der Waals surface area contributed by atoms with Gasteiger partial charge in [0.05, 0.1) is 31.4 Å². The Morgan fingerprint density at radius 1 is 1.19 bits per heavy atom. The van der Waals surface area contributed by atoms with Crippen LogP contribution in [0.1, 0.15) is 38.1 Å². The number of halogens is 3. The second-order valence-corrected chi connectivity index (χ2v) is 10.5. The summed E-state index contributed by atoms with van der Waals surface area (Å²) in [5, 5.41) is 4.96. The van der Waals surface area contributed by atoms with Gasteiger partial charge in [0.1, 0.15) is 11.6 Å². The quantitative estimate of drug-likeness (QED) is 0.196. The van der Waals surface area contributed by atoms with Crippen LogP contribution in [0.2, 0.25) is 0 Å². The minimum absolute atomic E-state index is 0.00348. The number of benzene rings is 2. The van der Waals surface area contributed by atoms with E-state index in [0.29, 0.717) is 22.5 Å². The number of rotatable bonds is 6. The first-order chi connectivity index (χ1) is 15.1. The third-order valence-corrected chi connectivity index (χ3v) is 6.62. The number of fused-ring (bicyclic) bond motifs is 1. The molecule has 7 nitrogen and oxygen atoms in total. The van der Waals surface area contributed by atoms with Crippen LogP contribution in [0.25, 0.3) is 10.9 Å². The molecule has 0 aliphatic carbocycles. The van der Waals surface area contributed by atoms with E-state index in [9.17, 15) is 9.59 Å². The van der Waals surface area contributed by atoms with E-state index in [0.717, 1.165) is 17.2 Å². The molecule has 1 atom stereocenters. The zero-order valence-electron chi connectivity index (χ0n) is 17.7. The summed E-state index contributed by atoms with van der Waals surface area (Å²) in [6.07, 6.45) is 0.896. The maximum absolute atomic E-state index is 13.2. The molecule has 0 N–H and O–H groups in total. The maximum atomic E-state index is 13.2. The summed E-state index contributed by atoms with van der Waals surface area (Å²) < 4.78 is 14.3. The number of hydrogen-bond acceptors (Lipinski definition) is 6. The molecule has 0 aliphatic rings. The predicted octanol–water partition coefficient (Wildman–Crippen LogP) is 5.31. The Balaban J connectivity index is 2.02. The highest BCUT2D eigenvalue weighted by Crippen LogP contribution is 2.29. The topological polar surface area (TPSA) is 82.8 Å². The first-order valence-electron chi connectivity index (χ1n) is 9.62. The van der Waals surface area contributed by atoms with Gasteiger partial charge in [0.25, 0.3) is 5.56 Å². The summed E-state index contributed by atoms with van der Waals surface area (Å²) in [5.74, 6) is 0.734. The fourth-order valence-electron chi connectivity index (χ4n) is 2.93. The van der Waals surface area contributed by atoms with Crippen molar-refractivity contribution in [3.05, 3.63) is 63.7 Å². The van der Waals surface area contributed by atoms with Crippen LogP contribution in [0.3, 0.4) is 0 Å². The summed E-state index contributed by atoms with van der Waals surface area (Å²) >= 11 is 7.70. The van der Waals surface area contributed by atoms with Gasteiger partial charge in [-0.25, -0.2) is 9.78 Å². The molecule has 10 heteroatoms. The maximum Gasteiger partial charge on any atom is 0.346 e. The number of nitrogens with zero attached hydrogens (tertiary/aromatic N) is 3. The van der Waals surface area contributed by atoms with Gasteiger partial charge < -0.3 is 9.47 Å². The minimum Gasteiger partial charge on any atom is -0.477 e.